The summed E-state index contributed by atoms with van der Waals surface area (Å²) < 4.78 is 0. The zero-order valence-corrected chi connectivity index (χ0v) is 12.5. The van der Waals surface area contributed by atoms with E-state index in [0.29, 0.717) is 16.3 Å². The molecule has 1 unspecified atom stereocenters. The topological polar surface area (TPSA) is 55.1 Å². The fraction of sp³-hybridized carbons (Fsp3) is 0.533. The van der Waals surface area contributed by atoms with Gasteiger partial charge in [-0.3, -0.25) is 4.79 Å². The Morgan fingerprint density at radius 2 is 2.05 bits per heavy atom. The van der Waals surface area contributed by atoms with E-state index in [1.807, 2.05) is 0 Å². The van der Waals surface area contributed by atoms with Gasteiger partial charge >= 0.3 is 0 Å². The first-order chi connectivity index (χ1) is 9.08. The lowest BCUT2D eigenvalue weighted by Gasteiger charge is -2.18. The fourth-order valence-corrected chi connectivity index (χ4v) is 2.27. The van der Waals surface area contributed by atoms with Gasteiger partial charge in [0.2, 0.25) is 0 Å². The minimum atomic E-state index is -0.108. The van der Waals surface area contributed by atoms with Gasteiger partial charge in [0.15, 0.2) is 0 Å². The number of halogens is 1. The Kier molecular flexibility index (Phi) is 6.71. The molecule has 19 heavy (non-hydrogen) atoms. The molecular weight excluding hydrogens is 260 g/mol. The molecular formula is C15H23ClN2O. The van der Waals surface area contributed by atoms with Crippen LogP contribution < -0.4 is 11.1 Å². The molecule has 4 heteroatoms. The average molecular weight is 283 g/mol. The average Bonchev–Trinajstić information content (AvgIpc) is 2.36. The highest BCUT2D eigenvalue weighted by Gasteiger charge is 2.14. The Morgan fingerprint density at radius 3 is 2.63 bits per heavy atom. The number of hydrogen-bond donors (Lipinski definition) is 2. The van der Waals surface area contributed by atoms with Crippen LogP contribution in [-0.2, 0) is 0 Å². The number of hydrogen-bond acceptors (Lipinski definition) is 2. The van der Waals surface area contributed by atoms with Gasteiger partial charge in [0, 0.05) is 16.8 Å². The first kappa shape index (κ1) is 15.8. The maximum atomic E-state index is 12.2. The van der Waals surface area contributed by atoms with E-state index in [-0.39, 0.29) is 11.9 Å². The number of nitrogens with one attached hydrogen (secondary N) is 1. The second-order valence-corrected chi connectivity index (χ2v) is 5.27. The third-order valence-corrected chi connectivity index (χ3v) is 3.37. The van der Waals surface area contributed by atoms with E-state index < -0.39 is 0 Å². The van der Waals surface area contributed by atoms with Crippen molar-refractivity contribution < 1.29 is 4.79 Å². The van der Waals surface area contributed by atoms with Crippen molar-refractivity contribution in [2.24, 2.45) is 0 Å². The number of benzene rings is 1. The summed E-state index contributed by atoms with van der Waals surface area (Å²) in [6.07, 6.45) is 5.34. The molecule has 1 rings (SSSR count). The van der Waals surface area contributed by atoms with Crippen molar-refractivity contribution in [2.45, 2.75) is 52.0 Å². The van der Waals surface area contributed by atoms with Crippen LogP contribution in [0.15, 0.2) is 18.2 Å². The quantitative estimate of drug-likeness (QED) is 0.743. The molecule has 3 N–H and O–H groups in total. The summed E-state index contributed by atoms with van der Waals surface area (Å²) in [5.74, 6) is -0.108. The predicted octanol–water partition coefficient (Wildman–Crippen LogP) is 4.01. The molecule has 0 aromatic heterocycles. The summed E-state index contributed by atoms with van der Waals surface area (Å²) in [7, 11) is 0. The van der Waals surface area contributed by atoms with Gasteiger partial charge in [0.25, 0.3) is 5.91 Å². The van der Waals surface area contributed by atoms with Gasteiger partial charge in [-0.05, 0) is 31.0 Å². The first-order valence-corrected chi connectivity index (χ1v) is 7.32. The molecule has 1 aromatic carbocycles. The van der Waals surface area contributed by atoms with E-state index in [1.165, 1.54) is 0 Å². The van der Waals surface area contributed by atoms with E-state index in [2.05, 4.69) is 19.2 Å². The van der Waals surface area contributed by atoms with Crippen molar-refractivity contribution in [1.82, 2.24) is 5.32 Å². The van der Waals surface area contributed by atoms with Gasteiger partial charge in [0.1, 0.15) is 0 Å². The number of nitrogen functional groups attached to an aromatic ring is 1. The molecule has 0 radical (unpaired) electrons. The molecule has 0 saturated heterocycles. The molecule has 1 atom stereocenters. The van der Waals surface area contributed by atoms with Crippen LogP contribution in [0.2, 0.25) is 5.02 Å². The summed E-state index contributed by atoms with van der Waals surface area (Å²) >= 11 is 5.83. The standard InChI is InChI=1S/C15H23ClN2O/c1-3-5-7-12(6-4-2)18-15(19)13-9-8-11(16)10-14(13)17/h8-10,12H,3-7,17H2,1-2H3,(H,18,19). The summed E-state index contributed by atoms with van der Waals surface area (Å²) in [6, 6.07) is 5.20. The summed E-state index contributed by atoms with van der Waals surface area (Å²) in [5, 5.41) is 3.61. The second-order valence-electron chi connectivity index (χ2n) is 4.83. The lowest BCUT2D eigenvalue weighted by Crippen LogP contribution is -2.35. The van der Waals surface area contributed by atoms with Crippen LogP contribution in [0.25, 0.3) is 0 Å². The number of amides is 1. The van der Waals surface area contributed by atoms with E-state index >= 15 is 0 Å². The molecule has 1 aromatic rings. The summed E-state index contributed by atoms with van der Waals surface area (Å²) in [5.41, 5.74) is 6.76. The minimum Gasteiger partial charge on any atom is -0.398 e. The van der Waals surface area contributed by atoms with Crippen LogP contribution in [0.4, 0.5) is 5.69 Å². The molecule has 0 aliphatic rings. The Hall–Kier alpha value is -1.22. The number of rotatable bonds is 7. The smallest absolute Gasteiger partial charge is 0.253 e. The molecule has 0 aliphatic heterocycles. The molecule has 1 amide bonds. The highest BCUT2D eigenvalue weighted by atomic mass is 35.5. The minimum absolute atomic E-state index is 0.108. The third kappa shape index (κ3) is 5.11. The van der Waals surface area contributed by atoms with E-state index in [1.54, 1.807) is 18.2 Å². The summed E-state index contributed by atoms with van der Waals surface area (Å²) in [4.78, 5) is 12.2. The van der Waals surface area contributed by atoms with Crippen LogP contribution in [0.1, 0.15) is 56.3 Å². The van der Waals surface area contributed by atoms with Crippen molar-refractivity contribution in [3.05, 3.63) is 28.8 Å². The van der Waals surface area contributed by atoms with Gasteiger partial charge in [0.05, 0.1) is 5.56 Å². The van der Waals surface area contributed by atoms with Crippen molar-refractivity contribution in [3.8, 4) is 0 Å². The highest BCUT2D eigenvalue weighted by molar-refractivity contribution is 6.31. The first-order valence-electron chi connectivity index (χ1n) is 6.94. The number of nitrogens with two attached hydrogens (primary N) is 1. The maximum absolute atomic E-state index is 12.2. The second kappa shape index (κ2) is 8.05. The zero-order valence-electron chi connectivity index (χ0n) is 11.7. The fourth-order valence-electron chi connectivity index (χ4n) is 2.09. The normalized spacial score (nSPS) is 12.2. The van der Waals surface area contributed by atoms with Gasteiger partial charge in [-0.25, -0.2) is 0 Å². The Bertz CT molecular complexity index is 421. The molecule has 0 fully saturated rings. The molecule has 3 nitrogen and oxygen atoms in total. The molecule has 0 spiro atoms. The van der Waals surface area contributed by atoms with E-state index in [4.69, 9.17) is 17.3 Å². The van der Waals surface area contributed by atoms with E-state index in [9.17, 15) is 4.79 Å². The van der Waals surface area contributed by atoms with Crippen molar-refractivity contribution >= 4 is 23.2 Å². The predicted molar refractivity (Wildman–Crippen MR) is 81.6 cm³/mol. The van der Waals surface area contributed by atoms with Gasteiger partial charge in [-0.1, -0.05) is 44.7 Å². The Labute approximate surface area is 120 Å². The molecule has 106 valence electrons. The number of carbonyl (C=O) groups is 1. The van der Waals surface area contributed by atoms with Crippen LogP contribution in [0.3, 0.4) is 0 Å². The van der Waals surface area contributed by atoms with Crippen molar-refractivity contribution in [1.29, 1.82) is 0 Å². The molecule has 0 heterocycles. The lowest BCUT2D eigenvalue weighted by atomic mass is 10.0. The zero-order chi connectivity index (χ0) is 14.3. The van der Waals surface area contributed by atoms with Crippen molar-refractivity contribution in [3.63, 3.8) is 0 Å². The van der Waals surface area contributed by atoms with E-state index in [0.717, 1.165) is 32.1 Å². The number of anilines is 1. The summed E-state index contributed by atoms with van der Waals surface area (Å²) in [6.45, 7) is 4.28. The lowest BCUT2D eigenvalue weighted by molar-refractivity contribution is 0.0933. The largest absolute Gasteiger partial charge is 0.398 e. The SMILES string of the molecule is CCCCC(CCC)NC(=O)c1ccc(Cl)cc1N. The van der Waals surface area contributed by atoms with Crippen LogP contribution >= 0.6 is 11.6 Å². The van der Waals surface area contributed by atoms with Crippen LogP contribution in [0, 0.1) is 0 Å². The molecule has 0 saturated carbocycles. The monoisotopic (exact) mass is 282 g/mol. The highest BCUT2D eigenvalue weighted by Crippen LogP contribution is 2.18. The van der Waals surface area contributed by atoms with Gasteiger partial charge < -0.3 is 11.1 Å². The Balaban J connectivity index is 2.69. The molecule has 0 bridgehead atoms. The number of unbranched alkanes of at least 4 members (excludes halogenated alkanes) is 1. The Morgan fingerprint density at radius 1 is 1.32 bits per heavy atom. The van der Waals surface area contributed by atoms with Gasteiger partial charge in [-0.2, -0.15) is 0 Å². The van der Waals surface area contributed by atoms with Crippen LogP contribution in [0.5, 0.6) is 0 Å². The van der Waals surface area contributed by atoms with Crippen molar-refractivity contribution in [2.75, 3.05) is 5.73 Å². The maximum Gasteiger partial charge on any atom is 0.253 e. The third-order valence-electron chi connectivity index (χ3n) is 3.14. The van der Waals surface area contributed by atoms with Crippen LogP contribution in [-0.4, -0.2) is 11.9 Å². The number of carbonyl (C=O) groups excluding carboxylic acids is 1. The molecule has 0 aliphatic carbocycles. The van der Waals surface area contributed by atoms with Gasteiger partial charge in [-0.15, -0.1) is 0 Å².